The Bertz CT molecular complexity index is 830. The third-order valence-electron chi connectivity index (χ3n) is 3.28. The number of nitrogens with zero attached hydrogens (tertiary/aromatic N) is 2. The lowest BCUT2D eigenvalue weighted by Crippen LogP contribution is -2.06. The molecule has 2 heterocycles. The standard InChI is InChI=1S/C16H12ClF3N2O/c17-8-13-9-22-6-2-5-14(15(22)21-13)23-10-11-3-1-4-12(7-11)16(18,19)20/h1-7,9H,8,10H2. The topological polar surface area (TPSA) is 26.5 Å². The lowest BCUT2D eigenvalue weighted by molar-refractivity contribution is -0.137. The van der Waals surface area contributed by atoms with Crippen LogP contribution in [0.1, 0.15) is 16.8 Å². The number of benzene rings is 1. The molecule has 120 valence electrons. The van der Waals surface area contributed by atoms with Crippen molar-refractivity contribution in [2.24, 2.45) is 0 Å². The predicted molar refractivity (Wildman–Crippen MR) is 80.5 cm³/mol. The van der Waals surface area contributed by atoms with Crippen LogP contribution in [0.4, 0.5) is 13.2 Å². The van der Waals surface area contributed by atoms with Gasteiger partial charge >= 0.3 is 6.18 Å². The molecule has 3 rings (SSSR count). The number of hydrogen-bond acceptors (Lipinski definition) is 2. The summed E-state index contributed by atoms with van der Waals surface area (Å²) in [5, 5.41) is 0. The Morgan fingerprint density at radius 1 is 1.17 bits per heavy atom. The van der Waals surface area contributed by atoms with Crippen LogP contribution in [-0.2, 0) is 18.7 Å². The second-order valence-corrected chi connectivity index (χ2v) is 5.22. The first kappa shape index (κ1) is 15.7. The number of imidazole rings is 1. The first-order valence-electron chi connectivity index (χ1n) is 6.79. The monoisotopic (exact) mass is 340 g/mol. The molecular formula is C16H12ClF3N2O. The normalized spacial score (nSPS) is 11.8. The van der Waals surface area contributed by atoms with Crippen LogP contribution in [0.15, 0.2) is 48.8 Å². The predicted octanol–water partition coefficient (Wildman–Crippen LogP) is 4.67. The van der Waals surface area contributed by atoms with Crippen molar-refractivity contribution in [3.05, 3.63) is 65.6 Å². The highest BCUT2D eigenvalue weighted by atomic mass is 35.5. The average Bonchev–Trinajstić information content (AvgIpc) is 2.96. The molecule has 3 nitrogen and oxygen atoms in total. The second-order valence-electron chi connectivity index (χ2n) is 4.96. The van der Waals surface area contributed by atoms with Crippen molar-refractivity contribution >= 4 is 17.2 Å². The van der Waals surface area contributed by atoms with Gasteiger partial charge in [0.05, 0.1) is 17.1 Å². The molecule has 0 bridgehead atoms. The quantitative estimate of drug-likeness (QED) is 0.645. The molecule has 2 aromatic heterocycles. The Morgan fingerprint density at radius 2 is 2.00 bits per heavy atom. The Balaban J connectivity index is 1.82. The molecule has 0 aliphatic carbocycles. The van der Waals surface area contributed by atoms with E-state index < -0.39 is 11.7 Å². The molecule has 7 heteroatoms. The molecule has 0 atom stereocenters. The van der Waals surface area contributed by atoms with Crippen molar-refractivity contribution in [2.45, 2.75) is 18.7 Å². The van der Waals surface area contributed by atoms with Crippen LogP contribution < -0.4 is 4.74 Å². The van der Waals surface area contributed by atoms with Crippen molar-refractivity contribution in [2.75, 3.05) is 0 Å². The molecule has 0 aliphatic rings. The highest BCUT2D eigenvalue weighted by Crippen LogP contribution is 2.30. The summed E-state index contributed by atoms with van der Waals surface area (Å²) >= 11 is 5.76. The smallest absolute Gasteiger partial charge is 0.416 e. The van der Waals surface area contributed by atoms with E-state index >= 15 is 0 Å². The summed E-state index contributed by atoms with van der Waals surface area (Å²) < 4.78 is 45.5. The third-order valence-corrected chi connectivity index (χ3v) is 3.56. The van der Waals surface area contributed by atoms with Gasteiger partial charge in [0, 0.05) is 12.4 Å². The van der Waals surface area contributed by atoms with Crippen LogP contribution in [0.2, 0.25) is 0 Å². The Morgan fingerprint density at radius 3 is 2.74 bits per heavy atom. The lowest BCUT2D eigenvalue weighted by Gasteiger charge is -2.10. The molecular weight excluding hydrogens is 329 g/mol. The van der Waals surface area contributed by atoms with Gasteiger partial charge in [-0.05, 0) is 29.8 Å². The van der Waals surface area contributed by atoms with Gasteiger partial charge in [0.1, 0.15) is 6.61 Å². The zero-order valence-corrected chi connectivity index (χ0v) is 12.6. The number of fused-ring (bicyclic) bond motifs is 1. The van der Waals surface area contributed by atoms with E-state index in [0.29, 0.717) is 22.7 Å². The van der Waals surface area contributed by atoms with Crippen molar-refractivity contribution in [3.63, 3.8) is 0 Å². The summed E-state index contributed by atoms with van der Waals surface area (Å²) in [6, 6.07) is 8.55. The maximum atomic E-state index is 12.7. The van der Waals surface area contributed by atoms with E-state index in [0.717, 1.165) is 12.1 Å². The van der Waals surface area contributed by atoms with Gasteiger partial charge in [0.15, 0.2) is 11.4 Å². The number of hydrogen-bond donors (Lipinski definition) is 0. The number of pyridine rings is 1. The molecule has 0 N–H and O–H groups in total. The SMILES string of the molecule is FC(F)(F)c1cccc(COc2cccn3cc(CCl)nc23)c1. The van der Waals surface area contributed by atoms with Gasteiger partial charge in [-0.2, -0.15) is 13.2 Å². The van der Waals surface area contributed by atoms with E-state index in [9.17, 15) is 13.2 Å². The summed E-state index contributed by atoms with van der Waals surface area (Å²) in [4.78, 5) is 4.33. The van der Waals surface area contributed by atoms with E-state index in [2.05, 4.69) is 4.98 Å². The zero-order valence-electron chi connectivity index (χ0n) is 11.8. The van der Waals surface area contributed by atoms with Crippen molar-refractivity contribution < 1.29 is 17.9 Å². The largest absolute Gasteiger partial charge is 0.485 e. The van der Waals surface area contributed by atoms with Gasteiger partial charge in [-0.25, -0.2) is 4.98 Å². The van der Waals surface area contributed by atoms with E-state index in [4.69, 9.17) is 16.3 Å². The molecule has 1 aromatic carbocycles. The number of rotatable bonds is 4. The highest BCUT2D eigenvalue weighted by Gasteiger charge is 2.30. The molecule has 0 fully saturated rings. The number of aromatic nitrogens is 2. The minimum atomic E-state index is -4.37. The van der Waals surface area contributed by atoms with Crippen LogP contribution in [0.5, 0.6) is 5.75 Å². The molecule has 0 saturated carbocycles. The van der Waals surface area contributed by atoms with E-state index in [-0.39, 0.29) is 12.5 Å². The molecule has 0 unspecified atom stereocenters. The summed E-state index contributed by atoms with van der Waals surface area (Å²) in [5.41, 5.74) is 1.02. The number of ether oxygens (including phenoxy) is 1. The first-order valence-corrected chi connectivity index (χ1v) is 7.32. The maximum Gasteiger partial charge on any atom is 0.416 e. The van der Waals surface area contributed by atoms with Gasteiger partial charge in [-0.3, -0.25) is 0 Å². The fraction of sp³-hybridized carbons (Fsp3) is 0.188. The van der Waals surface area contributed by atoms with Crippen LogP contribution in [0, 0.1) is 0 Å². The first-order chi connectivity index (χ1) is 11.0. The lowest BCUT2D eigenvalue weighted by atomic mass is 10.1. The maximum absolute atomic E-state index is 12.7. The number of halogens is 4. The minimum absolute atomic E-state index is 0.0205. The molecule has 0 aliphatic heterocycles. The highest BCUT2D eigenvalue weighted by molar-refractivity contribution is 6.16. The summed E-state index contributed by atoms with van der Waals surface area (Å²) in [6.45, 7) is 0.0205. The van der Waals surface area contributed by atoms with E-state index in [1.807, 2.05) is 0 Å². The van der Waals surface area contributed by atoms with E-state index in [1.165, 1.54) is 6.07 Å². The summed E-state index contributed by atoms with van der Waals surface area (Å²) in [7, 11) is 0. The van der Waals surface area contributed by atoms with Crippen LogP contribution in [0.3, 0.4) is 0 Å². The van der Waals surface area contributed by atoms with E-state index in [1.54, 1.807) is 35.0 Å². The van der Waals surface area contributed by atoms with Gasteiger partial charge in [0.2, 0.25) is 0 Å². The van der Waals surface area contributed by atoms with Crippen LogP contribution in [-0.4, -0.2) is 9.38 Å². The van der Waals surface area contributed by atoms with Crippen molar-refractivity contribution in [1.29, 1.82) is 0 Å². The Labute approximate surface area is 135 Å². The molecule has 23 heavy (non-hydrogen) atoms. The van der Waals surface area contributed by atoms with Gasteiger partial charge < -0.3 is 9.14 Å². The fourth-order valence-electron chi connectivity index (χ4n) is 2.21. The van der Waals surface area contributed by atoms with Crippen LogP contribution in [0.25, 0.3) is 5.65 Å². The Kier molecular flexibility index (Phi) is 4.17. The molecule has 0 amide bonds. The summed E-state index contributed by atoms with van der Waals surface area (Å²) in [6.07, 6.45) is -0.788. The molecule has 0 radical (unpaired) electrons. The fourth-order valence-corrected chi connectivity index (χ4v) is 2.34. The molecule has 0 saturated heterocycles. The molecule has 0 spiro atoms. The van der Waals surface area contributed by atoms with Crippen molar-refractivity contribution in [1.82, 2.24) is 9.38 Å². The summed E-state index contributed by atoms with van der Waals surface area (Å²) in [5.74, 6) is 0.760. The second kappa shape index (κ2) is 6.12. The van der Waals surface area contributed by atoms with Gasteiger partial charge in [-0.15, -0.1) is 11.6 Å². The van der Waals surface area contributed by atoms with Crippen molar-refractivity contribution in [3.8, 4) is 5.75 Å². The third kappa shape index (κ3) is 3.42. The van der Waals surface area contributed by atoms with Gasteiger partial charge in [0.25, 0.3) is 0 Å². The average molecular weight is 341 g/mol. The molecule has 3 aromatic rings. The zero-order chi connectivity index (χ0) is 16.4. The number of alkyl halides is 4. The minimum Gasteiger partial charge on any atom is -0.485 e. The van der Waals surface area contributed by atoms with Gasteiger partial charge in [-0.1, -0.05) is 12.1 Å². The van der Waals surface area contributed by atoms with Crippen LogP contribution >= 0.6 is 11.6 Å². The Hall–Kier alpha value is -2.21.